The molecular weight excluding hydrogens is 320 g/mol. The molecule has 20 heavy (non-hydrogen) atoms. The van der Waals surface area contributed by atoms with E-state index < -0.39 is 0 Å². The summed E-state index contributed by atoms with van der Waals surface area (Å²) >= 11 is 3.49. The van der Waals surface area contributed by atoms with Gasteiger partial charge in [0.05, 0.1) is 11.7 Å². The van der Waals surface area contributed by atoms with Crippen LogP contribution in [0.15, 0.2) is 22.8 Å². The van der Waals surface area contributed by atoms with Crippen molar-refractivity contribution in [3.63, 3.8) is 0 Å². The molecule has 6 heteroatoms. The van der Waals surface area contributed by atoms with Crippen molar-refractivity contribution in [2.45, 2.75) is 18.9 Å². The van der Waals surface area contributed by atoms with Crippen molar-refractivity contribution in [3.05, 3.63) is 28.5 Å². The Morgan fingerprint density at radius 3 is 2.75 bits per heavy atom. The minimum Gasteiger partial charge on any atom is -0.370 e. The summed E-state index contributed by atoms with van der Waals surface area (Å²) in [4.78, 5) is 20.3. The molecule has 0 bridgehead atoms. The zero-order valence-corrected chi connectivity index (χ0v) is 13.3. The van der Waals surface area contributed by atoms with Gasteiger partial charge in [-0.3, -0.25) is 14.7 Å². The number of pyridine rings is 1. The van der Waals surface area contributed by atoms with Crippen molar-refractivity contribution in [1.82, 2.24) is 14.8 Å². The van der Waals surface area contributed by atoms with Crippen molar-refractivity contribution in [3.8, 4) is 0 Å². The van der Waals surface area contributed by atoms with Crippen molar-refractivity contribution in [1.29, 1.82) is 0 Å². The molecule has 0 spiro atoms. The zero-order chi connectivity index (χ0) is 14.5. The SMILES string of the molecule is CN1CCN(C(CCC(N)=O)c2cc(Br)ccn2)CC1. The Kier molecular flexibility index (Phi) is 5.51. The maximum Gasteiger partial charge on any atom is 0.217 e. The average molecular weight is 341 g/mol. The van der Waals surface area contributed by atoms with Gasteiger partial charge < -0.3 is 10.6 Å². The van der Waals surface area contributed by atoms with Crippen molar-refractivity contribution in [2.75, 3.05) is 33.2 Å². The third-order valence-electron chi connectivity index (χ3n) is 3.73. The Balaban J connectivity index is 2.13. The van der Waals surface area contributed by atoms with Crippen LogP contribution >= 0.6 is 15.9 Å². The van der Waals surface area contributed by atoms with E-state index in [0.717, 1.165) is 42.8 Å². The summed E-state index contributed by atoms with van der Waals surface area (Å²) in [5, 5.41) is 0. The van der Waals surface area contributed by atoms with E-state index in [-0.39, 0.29) is 11.9 Å². The van der Waals surface area contributed by atoms with E-state index in [1.165, 1.54) is 0 Å². The molecule has 0 radical (unpaired) electrons. The summed E-state index contributed by atoms with van der Waals surface area (Å²) in [6.45, 7) is 4.07. The Morgan fingerprint density at radius 1 is 1.45 bits per heavy atom. The van der Waals surface area contributed by atoms with Crippen LogP contribution in [0.25, 0.3) is 0 Å². The molecule has 1 fully saturated rings. The number of carbonyl (C=O) groups excluding carboxylic acids is 1. The fraction of sp³-hybridized carbons (Fsp3) is 0.571. The fourth-order valence-electron chi connectivity index (χ4n) is 2.53. The molecule has 1 aromatic rings. The molecule has 2 N–H and O–H groups in total. The Bertz CT molecular complexity index is 460. The molecule has 1 saturated heterocycles. The molecule has 0 saturated carbocycles. The number of rotatable bonds is 5. The van der Waals surface area contributed by atoms with Gasteiger partial charge in [0.2, 0.25) is 5.91 Å². The molecule has 2 heterocycles. The summed E-state index contributed by atoms with van der Waals surface area (Å²) in [6, 6.07) is 4.11. The first-order valence-corrected chi connectivity index (χ1v) is 7.68. The van der Waals surface area contributed by atoms with Crippen LogP contribution in [0.2, 0.25) is 0 Å². The van der Waals surface area contributed by atoms with Gasteiger partial charge in [-0.05, 0) is 25.6 Å². The second-order valence-electron chi connectivity index (χ2n) is 5.26. The van der Waals surface area contributed by atoms with E-state index >= 15 is 0 Å². The first kappa shape index (κ1) is 15.4. The predicted octanol–water partition coefficient (Wildman–Crippen LogP) is 1.40. The monoisotopic (exact) mass is 340 g/mol. The van der Waals surface area contributed by atoms with Gasteiger partial charge in [0.25, 0.3) is 0 Å². The van der Waals surface area contributed by atoms with Gasteiger partial charge in [0, 0.05) is 43.3 Å². The number of aromatic nitrogens is 1. The molecule has 1 amide bonds. The second kappa shape index (κ2) is 7.15. The number of nitrogens with two attached hydrogens (primary N) is 1. The first-order chi connectivity index (χ1) is 9.56. The number of amides is 1. The highest BCUT2D eigenvalue weighted by atomic mass is 79.9. The van der Waals surface area contributed by atoms with Crippen LogP contribution in [0.4, 0.5) is 0 Å². The number of carbonyl (C=O) groups is 1. The molecular formula is C14H21BrN4O. The molecule has 0 aromatic carbocycles. The summed E-state index contributed by atoms with van der Waals surface area (Å²) < 4.78 is 1.01. The molecule has 2 rings (SSSR count). The maximum atomic E-state index is 11.1. The molecule has 1 aromatic heterocycles. The van der Waals surface area contributed by atoms with Crippen molar-refractivity contribution in [2.24, 2.45) is 5.73 Å². The maximum absolute atomic E-state index is 11.1. The third-order valence-corrected chi connectivity index (χ3v) is 4.22. The first-order valence-electron chi connectivity index (χ1n) is 6.88. The minimum atomic E-state index is -0.251. The van der Waals surface area contributed by atoms with Gasteiger partial charge in [-0.2, -0.15) is 0 Å². The molecule has 110 valence electrons. The van der Waals surface area contributed by atoms with Crippen LogP contribution in [0.3, 0.4) is 0 Å². The lowest BCUT2D eigenvalue weighted by molar-refractivity contribution is -0.118. The molecule has 1 aliphatic heterocycles. The van der Waals surface area contributed by atoms with E-state index in [0.29, 0.717) is 6.42 Å². The number of nitrogens with zero attached hydrogens (tertiary/aromatic N) is 3. The predicted molar refractivity (Wildman–Crippen MR) is 82.2 cm³/mol. The smallest absolute Gasteiger partial charge is 0.217 e. The summed E-state index contributed by atoms with van der Waals surface area (Å²) in [5.41, 5.74) is 6.31. The van der Waals surface area contributed by atoms with Gasteiger partial charge in [-0.1, -0.05) is 15.9 Å². The van der Waals surface area contributed by atoms with Crippen molar-refractivity contribution < 1.29 is 4.79 Å². The van der Waals surface area contributed by atoms with Gasteiger partial charge in [0.15, 0.2) is 0 Å². The lowest BCUT2D eigenvalue weighted by atomic mass is 10.0. The van der Waals surface area contributed by atoms with Crippen LogP contribution in [-0.2, 0) is 4.79 Å². The minimum absolute atomic E-state index is 0.161. The van der Waals surface area contributed by atoms with Gasteiger partial charge >= 0.3 is 0 Å². The van der Waals surface area contributed by atoms with E-state index in [4.69, 9.17) is 5.73 Å². The average Bonchev–Trinajstić information content (AvgIpc) is 2.41. The number of halogens is 1. The van der Waals surface area contributed by atoms with E-state index in [1.54, 1.807) is 6.20 Å². The topological polar surface area (TPSA) is 62.5 Å². The zero-order valence-electron chi connectivity index (χ0n) is 11.8. The van der Waals surface area contributed by atoms with E-state index in [1.807, 2.05) is 12.1 Å². The number of likely N-dealkylation sites (N-methyl/N-ethyl adjacent to an activating group) is 1. The van der Waals surface area contributed by atoms with E-state index in [9.17, 15) is 4.79 Å². The van der Waals surface area contributed by atoms with Crippen LogP contribution in [0.5, 0.6) is 0 Å². The highest BCUT2D eigenvalue weighted by Gasteiger charge is 2.25. The normalized spacial score (nSPS) is 18.9. The lowest BCUT2D eigenvalue weighted by Gasteiger charge is -2.37. The van der Waals surface area contributed by atoms with Crippen LogP contribution in [0, 0.1) is 0 Å². The van der Waals surface area contributed by atoms with Crippen LogP contribution in [0.1, 0.15) is 24.6 Å². The van der Waals surface area contributed by atoms with Gasteiger partial charge in [-0.25, -0.2) is 0 Å². The van der Waals surface area contributed by atoms with E-state index in [2.05, 4.69) is 37.8 Å². The number of primary amides is 1. The van der Waals surface area contributed by atoms with Crippen LogP contribution in [-0.4, -0.2) is 53.9 Å². The Hall–Kier alpha value is -0.980. The highest BCUT2D eigenvalue weighted by Crippen LogP contribution is 2.26. The van der Waals surface area contributed by atoms with Crippen LogP contribution < -0.4 is 5.73 Å². The second-order valence-corrected chi connectivity index (χ2v) is 6.17. The van der Waals surface area contributed by atoms with Gasteiger partial charge in [-0.15, -0.1) is 0 Å². The molecule has 1 atom stereocenters. The molecule has 5 nitrogen and oxygen atoms in total. The number of hydrogen-bond donors (Lipinski definition) is 1. The quantitative estimate of drug-likeness (QED) is 0.879. The summed E-state index contributed by atoms with van der Waals surface area (Å²) in [6.07, 6.45) is 2.92. The standard InChI is InChI=1S/C14H21BrN4O/c1-18-6-8-19(9-7-18)13(2-3-14(16)20)12-10-11(15)4-5-17-12/h4-5,10,13H,2-3,6-9H2,1H3,(H2,16,20). The Morgan fingerprint density at radius 2 is 2.15 bits per heavy atom. The fourth-order valence-corrected chi connectivity index (χ4v) is 2.89. The molecule has 1 unspecified atom stereocenters. The number of piperazine rings is 1. The van der Waals surface area contributed by atoms with Gasteiger partial charge in [0.1, 0.15) is 0 Å². The Labute approximate surface area is 128 Å². The molecule has 0 aliphatic carbocycles. The molecule has 1 aliphatic rings. The summed E-state index contributed by atoms with van der Waals surface area (Å²) in [5.74, 6) is -0.251. The summed E-state index contributed by atoms with van der Waals surface area (Å²) in [7, 11) is 2.13. The largest absolute Gasteiger partial charge is 0.370 e. The number of hydrogen-bond acceptors (Lipinski definition) is 4. The lowest BCUT2D eigenvalue weighted by Crippen LogP contribution is -2.46. The van der Waals surface area contributed by atoms with Crippen molar-refractivity contribution >= 4 is 21.8 Å². The highest BCUT2D eigenvalue weighted by molar-refractivity contribution is 9.10. The third kappa shape index (κ3) is 4.26.